The first kappa shape index (κ1) is 23.2. The number of hydrogen-bond donors (Lipinski definition) is 2. The van der Waals surface area contributed by atoms with Crippen molar-refractivity contribution >= 4 is 29.9 Å². The number of guanidine groups is 1. The van der Waals surface area contributed by atoms with Gasteiger partial charge in [0.05, 0.1) is 5.69 Å². The third-order valence-electron chi connectivity index (χ3n) is 5.41. The Morgan fingerprint density at radius 1 is 1.27 bits per heavy atom. The van der Waals surface area contributed by atoms with Crippen LogP contribution in [0.4, 0.5) is 0 Å². The average Bonchev–Trinajstić information content (AvgIpc) is 3.19. The summed E-state index contributed by atoms with van der Waals surface area (Å²) in [6, 6.07) is 0.902. The Bertz CT molecular complexity index is 577. The van der Waals surface area contributed by atoms with Crippen LogP contribution in [0, 0.1) is 13.8 Å². The lowest BCUT2D eigenvalue weighted by molar-refractivity contribution is 0.236. The molecule has 1 aliphatic rings. The third-order valence-corrected chi connectivity index (χ3v) is 5.41. The van der Waals surface area contributed by atoms with Crippen LogP contribution in [0.5, 0.6) is 0 Å². The van der Waals surface area contributed by atoms with E-state index in [9.17, 15) is 0 Å². The number of aryl methyl sites for hydroxylation is 2. The molecule has 0 aliphatic carbocycles. The summed E-state index contributed by atoms with van der Waals surface area (Å²) in [7, 11) is 3.85. The molecule has 26 heavy (non-hydrogen) atoms. The van der Waals surface area contributed by atoms with Gasteiger partial charge in [0.25, 0.3) is 0 Å². The fraction of sp³-hybridized carbons (Fsp3) is 0.789. The van der Waals surface area contributed by atoms with E-state index in [1.54, 1.807) is 0 Å². The summed E-state index contributed by atoms with van der Waals surface area (Å²) in [6.45, 7) is 12.1. The van der Waals surface area contributed by atoms with Gasteiger partial charge < -0.3 is 10.6 Å². The predicted molar refractivity (Wildman–Crippen MR) is 121 cm³/mol. The summed E-state index contributed by atoms with van der Waals surface area (Å²) < 4.78 is 1.96. The van der Waals surface area contributed by atoms with Gasteiger partial charge in [0.1, 0.15) is 0 Å². The zero-order valence-corrected chi connectivity index (χ0v) is 19.6. The molecule has 1 aromatic heterocycles. The number of nitrogens with zero attached hydrogens (tertiary/aromatic N) is 4. The van der Waals surface area contributed by atoms with Crippen molar-refractivity contribution in [2.45, 2.75) is 65.5 Å². The molecule has 7 heteroatoms. The van der Waals surface area contributed by atoms with Gasteiger partial charge in [-0.15, -0.1) is 24.0 Å². The third kappa shape index (κ3) is 6.11. The topological polar surface area (TPSA) is 57.5 Å². The Balaban J connectivity index is 0.00000338. The maximum absolute atomic E-state index is 4.52. The van der Waals surface area contributed by atoms with E-state index in [1.807, 2.05) is 18.8 Å². The van der Waals surface area contributed by atoms with Crippen molar-refractivity contribution in [2.24, 2.45) is 12.0 Å². The van der Waals surface area contributed by atoms with Gasteiger partial charge in [-0.25, -0.2) is 0 Å². The molecule has 2 N–H and O–H groups in total. The Labute approximate surface area is 176 Å². The van der Waals surface area contributed by atoms with Crippen LogP contribution in [0.3, 0.4) is 0 Å². The normalized spacial score (nSPS) is 17.7. The Hall–Kier alpha value is -0.830. The van der Waals surface area contributed by atoms with Crippen LogP contribution >= 0.6 is 24.0 Å². The first-order chi connectivity index (χ1) is 12.0. The molecule has 6 nitrogen and oxygen atoms in total. The van der Waals surface area contributed by atoms with Crippen molar-refractivity contribution in [1.29, 1.82) is 0 Å². The van der Waals surface area contributed by atoms with Crippen molar-refractivity contribution in [3.63, 3.8) is 0 Å². The standard InChI is InChI=1S/C19H36N6.HI/c1-7-17(25-10-8-9-11-25)13-21-19(20-5)22-14(2)12-18-15(3)23-24(6)16(18)4;/h14,17H,7-13H2,1-6H3,(H2,20,21,22);1H. The molecule has 0 spiro atoms. The zero-order valence-electron chi connectivity index (χ0n) is 17.3. The highest BCUT2D eigenvalue weighted by Crippen LogP contribution is 2.15. The molecule has 2 unspecified atom stereocenters. The van der Waals surface area contributed by atoms with Crippen LogP contribution in [0.25, 0.3) is 0 Å². The highest BCUT2D eigenvalue weighted by molar-refractivity contribution is 14.0. The smallest absolute Gasteiger partial charge is 0.191 e. The second-order valence-electron chi connectivity index (χ2n) is 7.28. The van der Waals surface area contributed by atoms with Crippen LogP contribution in [0.15, 0.2) is 4.99 Å². The van der Waals surface area contributed by atoms with Gasteiger partial charge in [0, 0.05) is 38.4 Å². The van der Waals surface area contributed by atoms with Gasteiger partial charge in [0.2, 0.25) is 0 Å². The van der Waals surface area contributed by atoms with Crippen molar-refractivity contribution in [3.05, 3.63) is 17.0 Å². The number of hydrogen-bond acceptors (Lipinski definition) is 3. The molecule has 150 valence electrons. The van der Waals surface area contributed by atoms with Crippen molar-refractivity contribution in [1.82, 2.24) is 25.3 Å². The van der Waals surface area contributed by atoms with E-state index in [0.717, 1.165) is 24.6 Å². The van der Waals surface area contributed by atoms with Gasteiger partial charge >= 0.3 is 0 Å². The molecular weight excluding hydrogens is 439 g/mol. The number of aliphatic imine (C=N–C) groups is 1. The first-order valence-corrected chi connectivity index (χ1v) is 9.66. The van der Waals surface area contributed by atoms with Crippen LogP contribution in [-0.2, 0) is 13.5 Å². The average molecular weight is 476 g/mol. The number of halogens is 1. The lowest BCUT2D eigenvalue weighted by Crippen LogP contribution is -2.48. The second-order valence-corrected chi connectivity index (χ2v) is 7.28. The van der Waals surface area contributed by atoms with E-state index >= 15 is 0 Å². The minimum absolute atomic E-state index is 0. The van der Waals surface area contributed by atoms with E-state index in [1.165, 1.54) is 43.6 Å². The van der Waals surface area contributed by atoms with Crippen LogP contribution in [-0.4, -0.2) is 59.4 Å². The van der Waals surface area contributed by atoms with Crippen LogP contribution in [0.2, 0.25) is 0 Å². The SMILES string of the molecule is CCC(CNC(=NC)NC(C)Cc1c(C)nn(C)c1C)N1CCCC1.I. The summed E-state index contributed by atoms with van der Waals surface area (Å²) in [5.41, 5.74) is 3.70. The number of likely N-dealkylation sites (tertiary alicyclic amines) is 1. The molecule has 1 aliphatic heterocycles. The lowest BCUT2D eigenvalue weighted by Gasteiger charge is -2.28. The fourth-order valence-corrected chi connectivity index (χ4v) is 3.75. The predicted octanol–water partition coefficient (Wildman–Crippen LogP) is 2.63. The Morgan fingerprint density at radius 3 is 2.42 bits per heavy atom. The van der Waals surface area contributed by atoms with Crippen molar-refractivity contribution in [3.8, 4) is 0 Å². The number of nitrogens with one attached hydrogen (secondary N) is 2. The molecule has 0 saturated carbocycles. The second kappa shape index (κ2) is 11.1. The molecule has 2 atom stereocenters. The Kier molecular flexibility index (Phi) is 9.92. The Morgan fingerprint density at radius 2 is 1.92 bits per heavy atom. The van der Waals surface area contributed by atoms with E-state index in [0.29, 0.717) is 12.1 Å². The highest BCUT2D eigenvalue weighted by atomic mass is 127. The minimum atomic E-state index is 0. The maximum Gasteiger partial charge on any atom is 0.191 e. The summed E-state index contributed by atoms with van der Waals surface area (Å²) in [5.74, 6) is 0.893. The number of rotatable bonds is 7. The summed E-state index contributed by atoms with van der Waals surface area (Å²) in [6.07, 6.45) is 4.80. The van der Waals surface area contributed by atoms with E-state index in [4.69, 9.17) is 0 Å². The van der Waals surface area contributed by atoms with Gasteiger partial charge in [-0.05, 0) is 65.1 Å². The molecule has 1 saturated heterocycles. The first-order valence-electron chi connectivity index (χ1n) is 9.66. The van der Waals surface area contributed by atoms with Crippen molar-refractivity contribution in [2.75, 3.05) is 26.7 Å². The molecule has 2 rings (SSSR count). The zero-order chi connectivity index (χ0) is 18.4. The number of aromatic nitrogens is 2. The molecule has 0 aromatic carbocycles. The largest absolute Gasteiger partial charge is 0.355 e. The quantitative estimate of drug-likeness (QED) is 0.361. The van der Waals surface area contributed by atoms with Crippen LogP contribution < -0.4 is 10.6 Å². The molecular formula is C19H37IN6. The minimum Gasteiger partial charge on any atom is -0.355 e. The van der Waals surface area contributed by atoms with E-state index in [-0.39, 0.29) is 24.0 Å². The van der Waals surface area contributed by atoms with E-state index in [2.05, 4.69) is 53.3 Å². The van der Waals surface area contributed by atoms with Gasteiger partial charge in [-0.2, -0.15) is 5.10 Å². The monoisotopic (exact) mass is 476 g/mol. The molecule has 1 fully saturated rings. The van der Waals surface area contributed by atoms with E-state index < -0.39 is 0 Å². The molecule has 0 amide bonds. The fourth-order valence-electron chi connectivity index (χ4n) is 3.75. The summed E-state index contributed by atoms with van der Waals surface area (Å²) >= 11 is 0. The lowest BCUT2D eigenvalue weighted by atomic mass is 10.1. The van der Waals surface area contributed by atoms with Crippen molar-refractivity contribution < 1.29 is 0 Å². The molecule has 2 heterocycles. The van der Waals surface area contributed by atoms with Crippen LogP contribution in [0.1, 0.15) is 50.1 Å². The molecule has 0 bridgehead atoms. The van der Waals surface area contributed by atoms with Gasteiger partial charge in [-0.3, -0.25) is 14.6 Å². The maximum atomic E-state index is 4.52. The highest BCUT2D eigenvalue weighted by Gasteiger charge is 2.21. The van der Waals surface area contributed by atoms with Gasteiger partial charge in [0.15, 0.2) is 5.96 Å². The summed E-state index contributed by atoms with van der Waals surface area (Å²) in [5, 5.41) is 11.6. The molecule has 0 radical (unpaired) electrons. The molecule has 1 aromatic rings. The van der Waals surface area contributed by atoms with Gasteiger partial charge in [-0.1, -0.05) is 6.92 Å². The summed E-state index contributed by atoms with van der Waals surface area (Å²) in [4.78, 5) is 7.01.